The van der Waals surface area contributed by atoms with Gasteiger partial charge >= 0.3 is 0 Å². The van der Waals surface area contributed by atoms with Gasteiger partial charge in [-0.2, -0.15) is 5.10 Å². The summed E-state index contributed by atoms with van der Waals surface area (Å²) in [4.78, 5) is 32.9. The van der Waals surface area contributed by atoms with E-state index in [-0.39, 0.29) is 23.5 Å². The van der Waals surface area contributed by atoms with Gasteiger partial charge < -0.3 is 4.90 Å². The molecular formula is C32H36N4O2S. The van der Waals surface area contributed by atoms with Crippen molar-refractivity contribution in [2.45, 2.75) is 58.3 Å². The second kappa shape index (κ2) is 10.9. The molecule has 4 aromatic rings. The molecule has 0 unspecified atom stereocenters. The maximum absolute atomic E-state index is 13.4. The van der Waals surface area contributed by atoms with E-state index < -0.39 is 0 Å². The summed E-state index contributed by atoms with van der Waals surface area (Å²) in [6, 6.07) is 14.5. The third-order valence-corrected chi connectivity index (χ3v) is 8.54. The lowest BCUT2D eigenvalue weighted by molar-refractivity contribution is 0.0712. The largest absolute Gasteiger partial charge is 0.339 e. The number of nitrogens with zero attached hydrogens (tertiary/aromatic N) is 4. The molecule has 2 aromatic carbocycles. The molecule has 3 heterocycles. The number of hydrogen-bond acceptors (Lipinski definition) is 5. The normalized spacial score (nSPS) is 14.5. The Labute approximate surface area is 234 Å². The zero-order valence-electron chi connectivity index (χ0n) is 23.4. The van der Waals surface area contributed by atoms with Gasteiger partial charge in [-0.25, -0.2) is 4.98 Å². The number of carbonyl (C=O) groups excluding carboxylic acids is 2. The van der Waals surface area contributed by atoms with Crippen molar-refractivity contribution >= 4 is 23.0 Å². The number of hydrogen-bond donors (Lipinski definition) is 0. The zero-order valence-corrected chi connectivity index (χ0v) is 24.2. The van der Waals surface area contributed by atoms with Crippen LogP contribution in [0.5, 0.6) is 0 Å². The summed E-state index contributed by atoms with van der Waals surface area (Å²) in [6.45, 7) is 9.73. The first kappa shape index (κ1) is 27.0. The summed E-state index contributed by atoms with van der Waals surface area (Å²) >= 11 is 1.40. The maximum Gasteiger partial charge on any atom is 0.253 e. The summed E-state index contributed by atoms with van der Waals surface area (Å²) in [5.41, 5.74) is 7.00. The topological polar surface area (TPSA) is 68.1 Å². The van der Waals surface area contributed by atoms with E-state index in [1.54, 1.807) is 0 Å². The molecule has 202 valence electrons. The SMILES string of the molecule is Cc1ccc(C(=O)N2CCC(c3ccc(-c4cnn(C)c4)cc3)CC2)cc1CC(=O)c1nc(C(C)(C)C)cs1. The molecule has 1 aliphatic heterocycles. The molecule has 7 heteroatoms. The van der Waals surface area contributed by atoms with Crippen LogP contribution in [0.4, 0.5) is 0 Å². The van der Waals surface area contributed by atoms with Crippen molar-refractivity contribution in [1.82, 2.24) is 19.7 Å². The predicted molar refractivity (Wildman–Crippen MR) is 157 cm³/mol. The number of likely N-dealkylation sites (tertiary alicyclic amines) is 1. The van der Waals surface area contributed by atoms with Crippen LogP contribution in [0.2, 0.25) is 0 Å². The summed E-state index contributed by atoms with van der Waals surface area (Å²) in [7, 11) is 1.93. The number of benzene rings is 2. The number of aromatic nitrogens is 3. The van der Waals surface area contributed by atoms with Crippen LogP contribution in [0.3, 0.4) is 0 Å². The van der Waals surface area contributed by atoms with Crippen LogP contribution < -0.4 is 0 Å². The quantitative estimate of drug-likeness (QED) is 0.259. The van der Waals surface area contributed by atoms with Gasteiger partial charge in [0.25, 0.3) is 5.91 Å². The number of thiazole rings is 1. The lowest BCUT2D eigenvalue weighted by Gasteiger charge is -2.32. The van der Waals surface area contributed by atoms with Gasteiger partial charge in [0.2, 0.25) is 0 Å². The molecule has 2 aromatic heterocycles. The molecule has 1 amide bonds. The summed E-state index contributed by atoms with van der Waals surface area (Å²) < 4.78 is 1.81. The van der Waals surface area contributed by atoms with E-state index >= 15 is 0 Å². The number of piperidine rings is 1. The summed E-state index contributed by atoms with van der Waals surface area (Å²) in [6.07, 6.45) is 6.03. The average Bonchev–Trinajstić information content (AvgIpc) is 3.60. The fourth-order valence-electron chi connectivity index (χ4n) is 5.11. The Kier molecular flexibility index (Phi) is 7.54. The molecule has 0 atom stereocenters. The van der Waals surface area contributed by atoms with E-state index in [4.69, 9.17) is 0 Å². The monoisotopic (exact) mass is 540 g/mol. The van der Waals surface area contributed by atoms with Crippen molar-refractivity contribution in [3.63, 3.8) is 0 Å². The third kappa shape index (κ3) is 6.04. The van der Waals surface area contributed by atoms with Gasteiger partial charge in [-0.05, 0) is 60.1 Å². The third-order valence-electron chi connectivity index (χ3n) is 7.66. The van der Waals surface area contributed by atoms with E-state index in [0.29, 0.717) is 16.5 Å². The van der Waals surface area contributed by atoms with Gasteiger partial charge in [0, 0.05) is 54.7 Å². The van der Waals surface area contributed by atoms with Crippen LogP contribution in [0, 0.1) is 6.92 Å². The number of ketones is 1. The highest BCUT2D eigenvalue weighted by Crippen LogP contribution is 2.31. The molecule has 39 heavy (non-hydrogen) atoms. The molecule has 5 rings (SSSR count). The number of rotatable bonds is 6. The Morgan fingerprint density at radius 1 is 1.03 bits per heavy atom. The Bertz CT molecular complexity index is 1490. The summed E-state index contributed by atoms with van der Waals surface area (Å²) in [5, 5.41) is 6.77. The van der Waals surface area contributed by atoms with Gasteiger partial charge in [0.05, 0.1) is 11.9 Å². The standard InChI is InChI=1S/C32H36N4O2S/c1-21-6-7-25(16-26(21)17-28(37)30-34-29(20-39-30)32(2,3)4)31(38)36-14-12-24(13-15-36)22-8-10-23(11-9-22)27-18-33-35(5)19-27/h6-11,16,18-20,24H,12-15,17H2,1-5H3. The zero-order chi connectivity index (χ0) is 27.7. The van der Waals surface area contributed by atoms with Gasteiger partial charge in [0.1, 0.15) is 0 Å². The lowest BCUT2D eigenvalue weighted by Crippen LogP contribution is -2.38. The van der Waals surface area contributed by atoms with Gasteiger partial charge in [0.15, 0.2) is 10.8 Å². The van der Waals surface area contributed by atoms with E-state index in [9.17, 15) is 9.59 Å². The smallest absolute Gasteiger partial charge is 0.253 e. The molecule has 0 aliphatic carbocycles. The number of Topliss-reactive ketones (excluding diaryl/α,β-unsaturated/α-hetero) is 1. The fraction of sp³-hybridized carbons (Fsp3) is 0.375. The fourth-order valence-corrected chi connectivity index (χ4v) is 6.09. The summed E-state index contributed by atoms with van der Waals surface area (Å²) in [5.74, 6) is 0.483. The van der Waals surface area contributed by atoms with Crippen molar-refractivity contribution in [3.05, 3.63) is 93.2 Å². The second-order valence-corrected chi connectivity index (χ2v) is 12.5. The first-order valence-electron chi connectivity index (χ1n) is 13.6. The van der Waals surface area contributed by atoms with E-state index in [1.807, 2.05) is 59.5 Å². The van der Waals surface area contributed by atoms with Crippen molar-refractivity contribution in [3.8, 4) is 11.1 Å². The van der Waals surface area contributed by atoms with Crippen molar-refractivity contribution in [1.29, 1.82) is 0 Å². The highest BCUT2D eigenvalue weighted by atomic mass is 32.1. The number of aryl methyl sites for hydroxylation is 2. The second-order valence-electron chi connectivity index (χ2n) is 11.6. The van der Waals surface area contributed by atoms with Crippen molar-refractivity contribution in [2.24, 2.45) is 7.05 Å². The van der Waals surface area contributed by atoms with Crippen molar-refractivity contribution < 1.29 is 9.59 Å². The van der Waals surface area contributed by atoms with Gasteiger partial charge in [-0.15, -0.1) is 11.3 Å². The van der Waals surface area contributed by atoms with Crippen molar-refractivity contribution in [2.75, 3.05) is 13.1 Å². The first-order chi connectivity index (χ1) is 18.6. The molecule has 1 aliphatic rings. The molecule has 0 spiro atoms. The van der Waals surface area contributed by atoms with E-state index in [0.717, 1.165) is 53.9 Å². The predicted octanol–water partition coefficient (Wildman–Crippen LogP) is 6.59. The van der Waals surface area contributed by atoms with Crippen LogP contribution in [0.15, 0.2) is 60.2 Å². The molecule has 0 N–H and O–H groups in total. The van der Waals surface area contributed by atoms with Gasteiger partial charge in [-0.3, -0.25) is 14.3 Å². The van der Waals surface area contributed by atoms with E-state index in [1.165, 1.54) is 16.9 Å². The Hall–Kier alpha value is -3.58. The molecule has 0 radical (unpaired) electrons. The minimum atomic E-state index is -0.0892. The van der Waals surface area contributed by atoms with Crippen LogP contribution >= 0.6 is 11.3 Å². The molecular weight excluding hydrogens is 504 g/mol. The first-order valence-corrected chi connectivity index (χ1v) is 14.4. The number of amides is 1. The Morgan fingerprint density at radius 3 is 2.36 bits per heavy atom. The Morgan fingerprint density at radius 2 is 1.74 bits per heavy atom. The molecule has 6 nitrogen and oxygen atoms in total. The molecule has 1 saturated heterocycles. The molecule has 0 saturated carbocycles. The minimum absolute atomic E-state index is 0.00133. The van der Waals surface area contributed by atoms with Crippen LogP contribution in [-0.2, 0) is 18.9 Å². The lowest BCUT2D eigenvalue weighted by atomic mass is 9.88. The maximum atomic E-state index is 13.4. The highest BCUT2D eigenvalue weighted by Gasteiger charge is 2.26. The average molecular weight is 541 g/mol. The van der Waals surface area contributed by atoms with Gasteiger partial charge in [-0.1, -0.05) is 51.1 Å². The minimum Gasteiger partial charge on any atom is -0.339 e. The van der Waals surface area contributed by atoms with E-state index in [2.05, 4.69) is 55.1 Å². The molecule has 1 fully saturated rings. The number of carbonyl (C=O) groups is 2. The highest BCUT2D eigenvalue weighted by molar-refractivity contribution is 7.11. The van der Waals surface area contributed by atoms with Crippen LogP contribution in [0.25, 0.3) is 11.1 Å². The molecule has 0 bridgehead atoms. The Balaban J connectivity index is 1.21. The van der Waals surface area contributed by atoms with Crippen LogP contribution in [-0.4, -0.2) is 44.4 Å². The van der Waals surface area contributed by atoms with Crippen LogP contribution in [0.1, 0.15) is 82.1 Å².